The van der Waals surface area contributed by atoms with Gasteiger partial charge < -0.3 is 29.7 Å². The van der Waals surface area contributed by atoms with E-state index in [1.165, 1.54) is 0 Å². The fraction of sp³-hybridized carbons (Fsp3) is 0.282. The molecular weight excluding hydrogens is 592 g/mol. The normalized spacial score (nSPS) is 11.1. The first-order valence-electron chi connectivity index (χ1n) is 16.0. The molecule has 0 radical (unpaired) electrons. The van der Waals surface area contributed by atoms with Crippen molar-refractivity contribution < 1.29 is 29.3 Å². The van der Waals surface area contributed by atoms with Crippen LogP contribution in [-0.2, 0) is 48.4 Å². The van der Waals surface area contributed by atoms with Gasteiger partial charge in [0.15, 0.2) is 0 Å². The van der Waals surface area contributed by atoms with Crippen molar-refractivity contribution in [3.63, 3.8) is 0 Å². The van der Waals surface area contributed by atoms with Crippen LogP contribution in [0.2, 0.25) is 0 Å². The molecule has 0 aliphatic rings. The van der Waals surface area contributed by atoms with Gasteiger partial charge in [0, 0.05) is 40.9 Å². The zero-order chi connectivity index (χ0) is 33.7. The van der Waals surface area contributed by atoms with Gasteiger partial charge in [-0.15, -0.1) is 0 Å². The molecule has 2 aromatic heterocycles. The van der Waals surface area contributed by atoms with Gasteiger partial charge in [-0.05, 0) is 73.1 Å². The van der Waals surface area contributed by atoms with Crippen molar-refractivity contribution in [1.82, 2.24) is 9.97 Å². The molecule has 2 heterocycles. The van der Waals surface area contributed by atoms with E-state index in [0.29, 0.717) is 53.8 Å². The molecule has 5 aromatic rings. The van der Waals surface area contributed by atoms with Crippen LogP contribution in [0.3, 0.4) is 0 Å². The fourth-order valence-corrected chi connectivity index (χ4v) is 6.24. The van der Waals surface area contributed by atoms with Gasteiger partial charge >= 0.3 is 11.9 Å². The zero-order valence-electron chi connectivity index (χ0n) is 27.6. The number of phenolic OH excluding ortho intramolecular Hbond substituents is 2. The summed E-state index contributed by atoms with van der Waals surface area (Å²) in [6, 6.07) is 20.8. The number of aromatic hydroxyl groups is 2. The molecule has 0 spiro atoms. The van der Waals surface area contributed by atoms with Gasteiger partial charge in [0.1, 0.15) is 36.1 Å². The molecule has 0 unspecified atom stereocenters. The molecule has 3 aromatic carbocycles. The van der Waals surface area contributed by atoms with Crippen LogP contribution in [0.1, 0.15) is 96.3 Å². The number of rotatable bonds is 12. The highest BCUT2D eigenvalue weighted by Gasteiger charge is 2.24. The van der Waals surface area contributed by atoms with Crippen LogP contribution in [-0.4, -0.2) is 32.1 Å². The number of nitrogens with one attached hydrogen (secondary N) is 2. The molecule has 0 aliphatic carbocycles. The van der Waals surface area contributed by atoms with Crippen molar-refractivity contribution >= 4 is 11.9 Å². The number of hydrogen-bond donors (Lipinski definition) is 4. The Hall–Kier alpha value is -5.24. The number of H-pyrrole nitrogens is 2. The molecule has 47 heavy (non-hydrogen) atoms. The third kappa shape index (κ3) is 7.12. The van der Waals surface area contributed by atoms with Crippen molar-refractivity contribution in [3.8, 4) is 11.5 Å². The Labute approximate surface area is 275 Å². The second-order valence-corrected chi connectivity index (χ2v) is 11.9. The number of carbonyl (C=O) groups excluding carboxylic acids is 2. The zero-order valence-corrected chi connectivity index (χ0v) is 27.6. The van der Waals surface area contributed by atoms with Crippen molar-refractivity contribution in [3.05, 3.63) is 140 Å². The molecule has 0 aliphatic heterocycles. The molecule has 0 saturated carbocycles. The minimum Gasteiger partial charge on any atom is -0.507 e. The van der Waals surface area contributed by atoms with E-state index in [1.807, 2.05) is 88.4 Å². The molecule has 5 rings (SSSR count). The summed E-state index contributed by atoms with van der Waals surface area (Å²) in [5.74, 6) is -0.882. The summed E-state index contributed by atoms with van der Waals surface area (Å²) in [5.41, 5.74) is 9.37. The Kier molecular flexibility index (Phi) is 10.2. The standard InChI is InChI=1S/C39H42N2O6/c1-6-30-23(3)34(38(44)46-21-26-14-10-8-11-15-26)40-32(30)19-28-18-29(37(43)25(5)36(28)42)20-33-31(7-2)24(4)35(41-33)39(45)47-22-27-16-12-9-13-17-27/h8-18,40-43H,6-7,19-22H2,1-5H3. The Morgan fingerprint density at radius 1 is 0.617 bits per heavy atom. The largest absolute Gasteiger partial charge is 0.507 e. The van der Waals surface area contributed by atoms with Crippen LogP contribution in [0.15, 0.2) is 66.7 Å². The number of aromatic amines is 2. The van der Waals surface area contributed by atoms with E-state index in [9.17, 15) is 19.8 Å². The molecule has 0 atom stereocenters. The molecule has 0 saturated heterocycles. The first-order chi connectivity index (χ1) is 22.6. The van der Waals surface area contributed by atoms with Crippen molar-refractivity contribution in [2.75, 3.05) is 0 Å². The first-order valence-corrected chi connectivity index (χ1v) is 16.0. The van der Waals surface area contributed by atoms with E-state index in [1.54, 1.807) is 13.0 Å². The third-order valence-corrected chi connectivity index (χ3v) is 8.88. The van der Waals surface area contributed by atoms with E-state index in [2.05, 4.69) is 9.97 Å². The summed E-state index contributed by atoms with van der Waals surface area (Å²) in [6.07, 6.45) is 1.99. The highest BCUT2D eigenvalue weighted by Crippen LogP contribution is 2.37. The number of aromatic nitrogens is 2. The number of hydrogen-bond acceptors (Lipinski definition) is 6. The van der Waals surface area contributed by atoms with Gasteiger partial charge in [0.25, 0.3) is 0 Å². The SMILES string of the molecule is CCc1c(Cc2cc(Cc3[nH]c(C(=O)OCc4ccccc4)c(C)c3CC)c(O)c(C)c2O)[nH]c(C(=O)OCc2ccccc2)c1C. The molecule has 4 N–H and O–H groups in total. The van der Waals surface area contributed by atoms with Crippen LogP contribution in [0.25, 0.3) is 0 Å². The predicted molar refractivity (Wildman–Crippen MR) is 181 cm³/mol. The van der Waals surface area contributed by atoms with Gasteiger partial charge in [-0.25, -0.2) is 9.59 Å². The van der Waals surface area contributed by atoms with Crippen LogP contribution in [0.4, 0.5) is 0 Å². The van der Waals surface area contributed by atoms with E-state index < -0.39 is 11.9 Å². The summed E-state index contributed by atoms with van der Waals surface area (Å²) < 4.78 is 11.2. The summed E-state index contributed by atoms with van der Waals surface area (Å²) >= 11 is 0. The van der Waals surface area contributed by atoms with Gasteiger partial charge in [-0.2, -0.15) is 0 Å². The summed E-state index contributed by atoms with van der Waals surface area (Å²) in [7, 11) is 0. The monoisotopic (exact) mass is 634 g/mol. The minimum absolute atomic E-state index is 0.00248. The number of benzene rings is 3. The van der Waals surface area contributed by atoms with Crippen molar-refractivity contribution in [2.24, 2.45) is 0 Å². The Bertz CT molecular complexity index is 1750. The smallest absolute Gasteiger partial charge is 0.355 e. The molecule has 244 valence electrons. The highest BCUT2D eigenvalue weighted by molar-refractivity contribution is 5.90. The average molecular weight is 635 g/mol. The van der Waals surface area contributed by atoms with E-state index in [0.717, 1.165) is 44.8 Å². The van der Waals surface area contributed by atoms with E-state index in [4.69, 9.17) is 9.47 Å². The summed E-state index contributed by atoms with van der Waals surface area (Å²) in [4.78, 5) is 32.7. The lowest BCUT2D eigenvalue weighted by Gasteiger charge is -2.15. The van der Waals surface area contributed by atoms with Gasteiger partial charge in [-0.3, -0.25) is 0 Å². The lowest BCUT2D eigenvalue weighted by Crippen LogP contribution is -2.07. The first kappa shape index (κ1) is 33.1. The molecule has 8 nitrogen and oxygen atoms in total. The van der Waals surface area contributed by atoms with Crippen LogP contribution in [0.5, 0.6) is 11.5 Å². The number of ether oxygens (including phenoxy) is 2. The molecule has 0 fully saturated rings. The van der Waals surface area contributed by atoms with E-state index >= 15 is 0 Å². The van der Waals surface area contributed by atoms with Crippen molar-refractivity contribution in [1.29, 1.82) is 0 Å². The van der Waals surface area contributed by atoms with E-state index in [-0.39, 0.29) is 24.7 Å². The predicted octanol–water partition coefficient (Wildman–Crippen LogP) is 7.70. The third-order valence-electron chi connectivity index (χ3n) is 8.88. The summed E-state index contributed by atoms with van der Waals surface area (Å²) in [5, 5.41) is 22.3. The maximum Gasteiger partial charge on any atom is 0.355 e. The molecule has 0 bridgehead atoms. The lowest BCUT2D eigenvalue weighted by atomic mass is 9.94. The number of esters is 2. The minimum atomic E-state index is -0.439. The maximum atomic E-state index is 13.1. The second kappa shape index (κ2) is 14.5. The quantitative estimate of drug-likeness (QED) is 0.104. The van der Waals surface area contributed by atoms with Gasteiger partial charge in [-0.1, -0.05) is 74.5 Å². The average Bonchev–Trinajstić information content (AvgIpc) is 3.58. The lowest BCUT2D eigenvalue weighted by molar-refractivity contribution is 0.0457. The van der Waals surface area contributed by atoms with Gasteiger partial charge in [0.05, 0.1) is 0 Å². The molecular formula is C39H42N2O6. The highest BCUT2D eigenvalue weighted by atomic mass is 16.5. The topological polar surface area (TPSA) is 125 Å². The molecule has 0 amide bonds. The molecule has 8 heteroatoms. The van der Waals surface area contributed by atoms with Crippen molar-refractivity contribution in [2.45, 2.75) is 73.5 Å². The Morgan fingerprint density at radius 3 is 1.36 bits per heavy atom. The number of carbonyl (C=O) groups is 2. The Balaban J connectivity index is 1.40. The van der Waals surface area contributed by atoms with Crippen LogP contribution < -0.4 is 0 Å². The fourth-order valence-electron chi connectivity index (χ4n) is 6.24. The second-order valence-electron chi connectivity index (χ2n) is 11.9. The van der Waals surface area contributed by atoms with Gasteiger partial charge in [0.2, 0.25) is 0 Å². The maximum absolute atomic E-state index is 13.1. The van der Waals surface area contributed by atoms with Crippen LogP contribution in [0, 0.1) is 20.8 Å². The van der Waals surface area contributed by atoms with Crippen LogP contribution >= 0.6 is 0 Å². The summed E-state index contributed by atoms with van der Waals surface area (Å²) in [6.45, 7) is 9.85. The number of phenols is 2. The Morgan fingerprint density at radius 2 is 1.00 bits per heavy atom.